The molecule has 5 heteroatoms. The van der Waals surface area contributed by atoms with Crippen molar-refractivity contribution >= 4 is 43.6 Å². The molecule has 0 aliphatic heterocycles. The van der Waals surface area contributed by atoms with E-state index in [9.17, 15) is 0 Å². The SMILES string of the molecule is c1ccc(-c2ccc3c4ccccc4n(-c4nc(-c5ccccc5)nc(-c5ccccc5-n5c6ccccc6c6ccc(-c7ccccc7)cc65)n4)c3c2)cc1. The van der Waals surface area contributed by atoms with E-state index in [1.54, 1.807) is 0 Å². The summed E-state index contributed by atoms with van der Waals surface area (Å²) in [5.41, 5.74) is 11.8. The number of aromatic nitrogens is 5. The first kappa shape index (κ1) is 31.9. The maximum atomic E-state index is 5.40. The Morgan fingerprint density at radius 2 is 0.732 bits per heavy atom. The molecule has 56 heavy (non-hydrogen) atoms. The Morgan fingerprint density at radius 3 is 1.34 bits per heavy atom. The van der Waals surface area contributed by atoms with Crippen molar-refractivity contribution in [2.75, 3.05) is 0 Å². The lowest BCUT2D eigenvalue weighted by Crippen LogP contribution is -2.07. The number of hydrogen-bond acceptors (Lipinski definition) is 3. The number of fused-ring (bicyclic) bond motifs is 6. The van der Waals surface area contributed by atoms with Gasteiger partial charge in [-0.15, -0.1) is 0 Å². The second kappa shape index (κ2) is 13.0. The van der Waals surface area contributed by atoms with Gasteiger partial charge in [0.05, 0.1) is 27.8 Å². The molecule has 0 unspecified atom stereocenters. The molecule has 3 heterocycles. The normalized spacial score (nSPS) is 11.6. The third-order valence-electron chi connectivity index (χ3n) is 10.8. The molecule has 3 aromatic heterocycles. The molecule has 0 spiro atoms. The van der Waals surface area contributed by atoms with Crippen LogP contribution in [0.5, 0.6) is 0 Å². The molecule has 0 saturated carbocycles. The number of hydrogen-bond donors (Lipinski definition) is 0. The van der Waals surface area contributed by atoms with Gasteiger partial charge in [0.1, 0.15) is 0 Å². The molecule has 0 radical (unpaired) electrons. The Hall–Kier alpha value is -7.63. The highest BCUT2D eigenvalue weighted by atomic mass is 15.2. The Kier molecular flexibility index (Phi) is 7.42. The Labute approximate surface area is 323 Å². The van der Waals surface area contributed by atoms with Gasteiger partial charge in [-0.1, -0.05) is 164 Å². The highest BCUT2D eigenvalue weighted by Gasteiger charge is 2.21. The van der Waals surface area contributed by atoms with E-state index in [1.165, 1.54) is 16.3 Å². The molecule has 0 amide bonds. The van der Waals surface area contributed by atoms with Crippen molar-refractivity contribution < 1.29 is 0 Å². The monoisotopic (exact) mass is 715 g/mol. The van der Waals surface area contributed by atoms with Crippen molar-refractivity contribution in [1.82, 2.24) is 24.1 Å². The van der Waals surface area contributed by atoms with Gasteiger partial charge >= 0.3 is 0 Å². The zero-order valence-electron chi connectivity index (χ0n) is 30.3. The van der Waals surface area contributed by atoms with Gasteiger partial charge in [0.2, 0.25) is 5.95 Å². The largest absolute Gasteiger partial charge is 0.308 e. The zero-order valence-corrected chi connectivity index (χ0v) is 30.3. The first-order valence-corrected chi connectivity index (χ1v) is 18.9. The fourth-order valence-corrected chi connectivity index (χ4v) is 8.20. The second-order valence-electron chi connectivity index (χ2n) is 14.1. The molecule has 0 aliphatic carbocycles. The van der Waals surface area contributed by atoms with E-state index in [4.69, 9.17) is 15.0 Å². The summed E-state index contributed by atoms with van der Waals surface area (Å²) in [5.74, 6) is 1.77. The van der Waals surface area contributed by atoms with Gasteiger partial charge in [-0.25, -0.2) is 4.98 Å². The van der Waals surface area contributed by atoms with Gasteiger partial charge in [0.15, 0.2) is 11.6 Å². The molecule has 5 nitrogen and oxygen atoms in total. The third-order valence-corrected chi connectivity index (χ3v) is 10.8. The lowest BCUT2D eigenvalue weighted by Gasteiger charge is -2.15. The number of benzene rings is 8. The van der Waals surface area contributed by atoms with Crippen molar-refractivity contribution in [2.24, 2.45) is 0 Å². The van der Waals surface area contributed by atoms with Crippen LogP contribution in [0.15, 0.2) is 200 Å². The highest BCUT2D eigenvalue weighted by Crippen LogP contribution is 2.39. The van der Waals surface area contributed by atoms with Crippen molar-refractivity contribution in [3.8, 4) is 56.7 Å². The van der Waals surface area contributed by atoms with E-state index in [2.05, 4.69) is 191 Å². The predicted octanol–water partition coefficient (Wildman–Crippen LogP) is 12.7. The standard InChI is InChI=1S/C51H33N5/c1-4-16-34(17-5-1)37-28-30-41-39-22-10-13-25-44(39)55(47(41)32-37)46-27-15-12-24-43(46)50-52-49(36-20-8-3-9-21-36)53-51(54-50)56-45-26-14-11-23-40(45)42-31-29-38(33-48(42)56)35-18-6-2-7-19-35/h1-33H. The topological polar surface area (TPSA) is 48.5 Å². The van der Waals surface area contributed by atoms with E-state index in [-0.39, 0.29) is 0 Å². The van der Waals surface area contributed by atoms with E-state index < -0.39 is 0 Å². The summed E-state index contributed by atoms with van der Waals surface area (Å²) >= 11 is 0. The zero-order chi connectivity index (χ0) is 37.0. The summed E-state index contributed by atoms with van der Waals surface area (Å²) in [6, 6.07) is 70.3. The first-order chi connectivity index (χ1) is 27.8. The minimum atomic E-state index is 0.564. The molecule has 0 fully saturated rings. The number of rotatable bonds is 6. The molecule has 11 rings (SSSR count). The van der Waals surface area contributed by atoms with E-state index in [0.717, 1.165) is 66.3 Å². The molecule has 0 aliphatic rings. The molecule has 8 aromatic carbocycles. The van der Waals surface area contributed by atoms with Crippen LogP contribution in [0.2, 0.25) is 0 Å². The van der Waals surface area contributed by atoms with Gasteiger partial charge in [-0.2, -0.15) is 9.97 Å². The minimum absolute atomic E-state index is 0.564. The maximum Gasteiger partial charge on any atom is 0.238 e. The summed E-state index contributed by atoms with van der Waals surface area (Å²) in [6.45, 7) is 0. The first-order valence-electron chi connectivity index (χ1n) is 18.9. The number of nitrogens with zero attached hydrogens (tertiary/aromatic N) is 5. The molecule has 0 bridgehead atoms. The molecule has 0 N–H and O–H groups in total. The lowest BCUT2D eigenvalue weighted by atomic mass is 10.0. The molecule has 0 atom stereocenters. The van der Waals surface area contributed by atoms with E-state index in [1.807, 2.05) is 18.2 Å². The van der Waals surface area contributed by atoms with Crippen LogP contribution in [0.3, 0.4) is 0 Å². The van der Waals surface area contributed by atoms with Crippen LogP contribution in [-0.4, -0.2) is 24.1 Å². The minimum Gasteiger partial charge on any atom is -0.308 e. The Balaban J connectivity index is 1.19. The quantitative estimate of drug-likeness (QED) is 0.172. The molecule has 262 valence electrons. The van der Waals surface area contributed by atoms with Crippen LogP contribution in [-0.2, 0) is 0 Å². The predicted molar refractivity (Wildman–Crippen MR) is 230 cm³/mol. The van der Waals surface area contributed by atoms with Crippen LogP contribution in [0.4, 0.5) is 0 Å². The van der Waals surface area contributed by atoms with Crippen LogP contribution >= 0.6 is 0 Å². The molecular weight excluding hydrogens is 683 g/mol. The van der Waals surface area contributed by atoms with Gasteiger partial charge in [-0.3, -0.25) is 4.57 Å². The fraction of sp³-hybridized carbons (Fsp3) is 0. The Bertz CT molecular complexity index is 3240. The van der Waals surface area contributed by atoms with E-state index >= 15 is 0 Å². The van der Waals surface area contributed by atoms with Crippen molar-refractivity contribution in [1.29, 1.82) is 0 Å². The van der Waals surface area contributed by atoms with Crippen LogP contribution < -0.4 is 0 Å². The smallest absolute Gasteiger partial charge is 0.238 e. The van der Waals surface area contributed by atoms with Crippen molar-refractivity contribution in [2.45, 2.75) is 0 Å². The van der Waals surface area contributed by atoms with Crippen molar-refractivity contribution in [3.63, 3.8) is 0 Å². The summed E-state index contributed by atoms with van der Waals surface area (Å²) < 4.78 is 4.56. The summed E-state index contributed by atoms with van der Waals surface area (Å²) in [5, 5.41) is 4.67. The van der Waals surface area contributed by atoms with Crippen molar-refractivity contribution in [3.05, 3.63) is 200 Å². The van der Waals surface area contributed by atoms with Crippen LogP contribution in [0.1, 0.15) is 0 Å². The van der Waals surface area contributed by atoms with Gasteiger partial charge in [-0.05, 0) is 58.7 Å². The third kappa shape index (κ3) is 5.21. The van der Waals surface area contributed by atoms with Gasteiger partial charge in [0, 0.05) is 32.7 Å². The van der Waals surface area contributed by atoms with Crippen LogP contribution in [0.25, 0.3) is 100 Å². The Morgan fingerprint density at radius 1 is 0.286 bits per heavy atom. The fourth-order valence-electron chi connectivity index (χ4n) is 8.20. The average molecular weight is 716 g/mol. The summed E-state index contributed by atoms with van der Waals surface area (Å²) in [4.78, 5) is 15.9. The molecular formula is C51H33N5. The highest BCUT2D eigenvalue weighted by molar-refractivity contribution is 6.11. The maximum absolute atomic E-state index is 5.40. The average Bonchev–Trinajstić information content (AvgIpc) is 3.79. The van der Waals surface area contributed by atoms with Gasteiger partial charge in [0.25, 0.3) is 0 Å². The van der Waals surface area contributed by atoms with Crippen LogP contribution in [0, 0.1) is 0 Å². The van der Waals surface area contributed by atoms with Gasteiger partial charge < -0.3 is 4.57 Å². The summed E-state index contributed by atoms with van der Waals surface area (Å²) in [6.07, 6.45) is 0. The van der Waals surface area contributed by atoms with E-state index in [0.29, 0.717) is 17.6 Å². The molecule has 11 aromatic rings. The molecule has 0 saturated heterocycles. The lowest BCUT2D eigenvalue weighted by molar-refractivity contribution is 0.952. The summed E-state index contributed by atoms with van der Waals surface area (Å²) in [7, 11) is 0. The second-order valence-corrected chi connectivity index (χ2v) is 14.1. The number of para-hydroxylation sites is 3.